The first-order valence-corrected chi connectivity index (χ1v) is 22.0. The molecule has 0 fully saturated rings. The Balaban J connectivity index is 1.09. The van der Waals surface area contributed by atoms with Crippen molar-refractivity contribution in [2.24, 2.45) is 0 Å². The summed E-state index contributed by atoms with van der Waals surface area (Å²) in [5.74, 6) is 0. The van der Waals surface area contributed by atoms with Crippen molar-refractivity contribution < 1.29 is 4.42 Å². The maximum atomic E-state index is 6.53. The van der Waals surface area contributed by atoms with Crippen molar-refractivity contribution in [3.63, 3.8) is 0 Å². The number of hydrogen-bond donors (Lipinski definition) is 0. The van der Waals surface area contributed by atoms with E-state index >= 15 is 0 Å². The zero-order valence-electron chi connectivity index (χ0n) is 34.9. The average molecular weight is 814 g/mol. The van der Waals surface area contributed by atoms with Gasteiger partial charge in [-0.2, -0.15) is 0 Å². The molecule has 0 spiro atoms. The van der Waals surface area contributed by atoms with Gasteiger partial charge in [0.1, 0.15) is 11.2 Å². The van der Waals surface area contributed by atoms with Crippen LogP contribution in [0.1, 0.15) is 0 Å². The maximum Gasteiger partial charge on any atom is 0.143 e. The predicted octanol–water partition coefficient (Wildman–Crippen LogP) is 17.7. The first kappa shape index (κ1) is 36.2. The third-order valence-electron chi connectivity index (χ3n) is 13.2. The number of rotatable bonds is 7. The van der Waals surface area contributed by atoms with Crippen LogP contribution in [0, 0.1) is 0 Å². The van der Waals surface area contributed by atoms with Gasteiger partial charge in [-0.3, -0.25) is 0 Å². The second-order valence-corrected chi connectivity index (χ2v) is 16.7. The molecule has 1 aromatic heterocycles. The molecule has 0 bridgehead atoms. The van der Waals surface area contributed by atoms with Gasteiger partial charge in [0.2, 0.25) is 0 Å². The summed E-state index contributed by atoms with van der Waals surface area (Å²) in [6, 6.07) is 85.8. The smallest absolute Gasteiger partial charge is 0.143 e. The van der Waals surface area contributed by atoms with Crippen LogP contribution in [-0.2, 0) is 0 Å². The highest BCUT2D eigenvalue weighted by molar-refractivity contribution is 6.30. The fraction of sp³-hybridized carbons (Fsp3) is 0. The first-order valence-electron chi connectivity index (χ1n) is 22.0. The molecule has 1 aliphatic carbocycles. The fourth-order valence-corrected chi connectivity index (χ4v) is 10.3. The van der Waals surface area contributed by atoms with E-state index in [1.54, 1.807) is 0 Å². The first-order chi connectivity index (χ1) is 31.8. The van der Waals surface area contributed by atoms with Crippen LogP contribution < -0.4 is 4.90 Å². The number of benzene rings is 11. The Bertz CT molecular complexity index is 3740. The summed E-state index contributed by atoms with van der Waals surface area (Å²) in [6.07, 6.45) is 0. The Morgan fingerprint density at radius 3 is 1.41 bits per heavy atom. The average Bonchev–Trinajstić information content (AvgIpc) is 3.76. The second kappa shape index (κ2) is 14.6. The lowest BCUT2D eigenvalue weighted by Gasteiger charge is -2.38. The van der Waals surface area contributed by atoms with Crippen molar-refractivity contribution >= 4 is 60.5 Å². The van der Waals surface area contributed by atoms with Crippen LogP contribution >= 0.6 is 0 Å². The molecule has 0 N–H and O–H groups in total. The summed E-state index contributed by atoms with van der Waals surface area (Å²) >= 11 is 0. The van der Waals surface area contributed by atoms with Crippen molar-refractivity contribution in [3.8, 4) is 66.8 Å². The number of nitrogens with zero attached hydrogens (tertiary/aromatic N) is 1. The highest BCUT2D eigenvalue weighted by Gasteiger charge is 2.37. The van der Waals surface area contributed by atoms with E-state index in [9.17, 15) is 0 Å². The maximum absolute atomic E-state index is 6.53. The minimum absolute atomic E-state index is 0.902. The molecule has 0 atom stereocenters. The van der Waals surface area contributed by atoms with Gasteiger partial charge in [-0.05, 0) is 103 Å². The van der Waals surface area contributed by atoms with Gasteiger partial charge in [0.15, 0.2) is 0 Å². The molecule has 298 valence electrons. The number of fused-ring (bicyclic) bond motifs is 9. The quantitative estimate of drug-likeness (QED) is 0.159. The number of anilines is 3. The molecule has 11 aromatic carbocycles. The summed E-state index contributed by atoms with van der Waals surface area (Å²) < 4.78 is 6.53. The van der Waals surface area contributed by atoms with E-state index < -0.39 is 0 Å². The Morgan fingerprint density at radius 2 is 0.766 bits per heavy atom. The summed E-state index contributed by atoms with van der Waals surface area (Å²) in [7, 11) is 0. The summed E-state index contributed by atoms with van der Waals surface area (Å²) in [5.41, 5.74) is 19.8. The fourth-order valence-electron chi connectivity index (χ4n) is 10.3. The van der Waals surface area contributed by atoms with Gasteiger partial charge in [0, 0.05) is 44.2 Å². The number of para-hydroxylation sites is 2. The monoisotopic (exact) mass is 813 g/mol. The topological polar surface area (TPSA) is 16.4 Å². The highest BCUT2D eigenvalue weighted by atomic mass is 16.3. The van der Waals surface area contributed by atoms with E-state index in [-0.39, 0.29) is 0 Å². The summed E-state index contributed by atoms with van der Waals surface area (Å²) in [4.78, 5) is 2.50. The lowest BCUT2D eigenvalue weighted by atomic mass is 9.69. The van der Waals surface area contributed by atoms with Crippen LogP contribution in [0.15, 0.2) is 241 Å². The van der Waals surface area contributed by atoms with Crippen molar-refractivity contribution in [2.45, 2.75) is 0 Å². The summed E-state index contributed by atoms with van der Waals surface area (Å²) in [5, 5.41) is 7.17. The SMILES string of the molecule is c1ccc(-c2ccc(N(c3ccc(-c4cccc5c4oc4ccccc45)cc3)c3c4c(cc5ccccc35)-c3c-4c(-c4ccccc4)c4ccccc4c3-c3ccccc3)cc2)cc1. The van der Waals surface area contributed by atoms with Crippen molar-refractivity contribution in [3.05, 3.63) is 237 Å². The lowest BCUT2D eigenvalue weighted by molar-refractivity contribution is 0.670. The van der Waals surface area contributed by atoms with Gasteiger partial charge < -0.3 is 9.32 Å². The van der Waals surface area contributed by atoms with Crippen LogP contribution in [-0.4, -0.2) is 0 Å². The van der Waals surface area contributed by atoms with Gasteiger partial charge in [-0.25, -0.2) is 0 Å². The zero-order valence-corrected chi connectivity index (χ0v) is 34.9. The van der Waals surface area contributed by atoms with Gasteiger partial charge in [0.25, 0.3) is 0 Å². The Kier molecular flexibility index (Phi) is 8.25. The molecular weight excluding hydrogens is 775 g/mol. The van der Waals surface area contributed by atoms with Crippen LogP contribution in [0.4, 0.5) is 17.1 Å². The molecule has 0 radical (unpaired) electrons. The molecule has 0 amide bonds. The molecule has 0 saturated heterocycles. The van der Waals surface area contributed by atoms with E-state index in [1.807, 2.05) is 6.07 Å². The van der Waals surface area contributed by atoms with Gasteiger partial charge in [0.05, 0.1) is 5.69 Å². The molecule has 0 saturated carbocycles. The number of furan rings is 1. The minimum Gasteiger partial charge on any atom is -0.455 e. The van der Waals surface area contributed by atoms with Crippen LogP contribution in [0.25, 0.3) is 110 Å². The van der Waals surface area contributed by atoms with Crippen molar-refractivity contribution in [1.29, 1.82) is 0 Å². The van der Waals surface area contributed by atoms with E-state index in [0.29, 0.717) is 0 Å². The zero-order chi connectivity index (χ0) is 42.1. The molecule has 0 aliphatic heterocycles. The van der Waals surface area contributed by atoms with Gasteiger partial charge >= 0.3 is 0 Å². The minimum atomic E-state index is 0.902. The summed E-state index contributed by atoms with van der Waals surface area (Å²) in [6.45, 7) is 0. The molecule has 1 aliphatic rings. The van der Waals surface area contributed by atoms with E-state index in [0.717, 1.165) is 44.4 Å². The van der Waals surface area contributed by atoms with Crippen LogP contribution in [0.5, 0.6) is 0 Å². The molecule has 13 rings (SSSR count). The molecule has 0 unspecified atom stereocenters. The van der Waals surface area contributed by atoms with E-state index in [1.165, 1.54) is 82.9 Å². The second-order valence-electron chi connectivity index (χ2n) is 16.7. The van der Waals surface area contributed by atoms with Crippen molar-refractivity contribution in [1.82, 2.24) is 0 Å². The molecular formula is C62H39NO. The molecule has 2 heteroatoms. The number of hydrogen-bond acceptors (Lipinski definition) is 2. The van der Waals surface area contributed by atoms with Gasteiger partial charge in [-0.1, -0.05) is 200 Å². The highest BCUT2D eigenvalue weighted by Crippen LogP contribution is 2.64. The molecule has 64 heavy (non-hydrogen) atoms. The van der Waals surface area contributed by atoms with Crippen LogP contribution in [0.3, 0.4) is 0 Å². The van der Waals surface area contributed by atoms with Crippen molar-refractivity contribution in [2.75, 3.05) is 4.90 Å². The Morgan fingerprint density at radius 1 is 0.281 bits per heavy atom. The third kappa shape index (κ3) is 5.59. The largest absolute Gasteiger partial charge is 0.455 e. The van der Waals surface area contributed by atoms with Crippen LogP contribution in [0.2, 0.25) is 0 Å². The van der Waals surface area contributed by atoms with Gasteiger partial charge in [-0.15, -0.1) is 0 Å². The standard InChI is InChI=1S/C62H39NO/c1-4-17-40(18-5-1)41-31-35-46(36-32-41)63(47-37-33-42(34-38-47)49-28-16-29-53-50-25-14-15-30-55(50)64-62(49)53)61-48-24-11-10-23-45(48)39-54-58-56(43-19-6-2-7-20-43)51-26-12-13-27-52(51)57(60(58)59(54)61)44-21-8-3-9-22-44/h1-39H. The van der Waals surface area contributed by atoms with E-state index in [2.05, 4.69) is 235 Å². The Labute approximate surface area is 371 Å². The molecule has 1 heterocycles. The normalized spacial score (nSPS) is 11.8. The predicted molar refractivity (Wildman–Crippen MR) is 270 cm³/mol. The Hall–Kier alpha value is -8.46. The van der Waals surface area contributed by atoms with E-state index in [4.69, 9.17) is 4.42 Å². The lowest BCUT2D eigenvalue weighted by Crippen LogP contribution is -2.16. The molecule has 12 aromatic rings. The third-order valence-corrected chi connectivity index (χ3v) is 13.2. The molecule has 2 nitrogen and oxygen atoms in total.